The number of halogens is 1. The van der Waals surface area contributed by atoms with E-state index in [1.807, 2.05) is 61.7 Å². The molecule has 5 rings (SSSR count). The zero-order valence-corrected chi connectivity index (χ0v) is 24.5. The van der Waals surface area contributed by atoms with E-state index < -0.39 is 6.10 Å². The van der Waals surface area contributed by atoms with Crippen LogP contribution in [-0.4, -0.2) is 43.3 Å². The average Bonchev–Trinajstić information content (AvgIpc) is 3.42. The summed E-state index contributed by atoms with van der Waals surface area (Å²) in [6, 6.07) is 15.5. The van der Waals surface area contributed by atoms with E-state index in [0.717, 1.165) is 41.8 Å². The molecule has 0 unspecified atom stereocenters. The second-order valence-corrected chi connectivity index (χ2v) is 10.9. The van der Waals surface area contributed by atoms with Crippen LogP contribution in [0.15, 0.2) is 54.7 Å². The molecule has 2 heterocycles. The summed E-state index contributed by atoms with van der Waals surface area (Å²) in [6.45, 7) is 2.18. The van der Waals surface area contributed by atoms with Gasteiger partial charge in [-0.1, -0.05) is 30.2 Å². The van der Waals surface area contributed by atoms with Crippen molar-refractivity contribution in [2.24, 2.45) is 5.92 Å². The topological polar surface area (TPSA) is 88.0 Å². The lowest BCUT2D eigenvalue weighted by Gasteiger charge is -2.29. The number of amides is 1. The number of para-hydroxylation sites is 1. The molecule has 0 spiro atoms. The number of carbonyl (C=O) groups is 2. The number of hydrogen-bond donors (Lipinski definition) is 1. The quantitative estimate of drug-likeness (QED) is 0.298. The molecule has 41 heavy (non-hydrogen) atoms. The Bertz CT molecular complexity index is 1390. The third kappa shape index (κ3) is 6.23. The number of fused-ring (bicyclic) bond motifs is 3. The Hall–Kier alpha value is -3.49. The van der Waals surface area contributed by atoms with Crippen molar-refractivity contribution in [3.05, 3.63) is 76.6 Å². The molecule has 4 atom stereocenters. The molecular weight excluding hydrogens is 544 g/mol. The van der Waals surface area contributed by atoms with Crippen molar-refractivity contribution in [3.63, 3.8) is 0 Å². The lowest BCUT2D eigenvalue weighted by Crippen LogP contribution is -2.40. The van der Waals surface area contributed by atoms with Crippen molar-refractivity contribution in [1.29, 1.82) is 0 Å². The summed E-state index contributed by atoms with van der Waals surface area (Å²) in [4.78, 5) is 25.4. The summed E-state index contributed by atoms with van der Waals surface area (Å²) in [5, 5.41) is 3.75. The lowest BCUT2D eigenvalue weighted by atomic mass is 9.85. The van der Waals surface area contributed by atoms with Crippen molar-refractivity contribution < 1.29 is 28.5 Å². The number of nitrogens with one attached hydrogen (secondary N) is 1. The number of benzene rings is 2. The molecule has 1 N–H and O–H groups in total. The van der Waals surface area contributed by atoms with Crippen LogP contribution < -0.4 is 14.8 Å². The summed E-state index contributed by atoms with van der Waals surface area (Å²) < 4.78 is 25.5. The molecule has 1 fully saturated rings. The number of rotatable bonds is 9. The van der Waals surface area contributed by atoms with E-state index in [1.165, 1.54) is 0 Å². The Kier molecular flexibility index (Phi) is 9.20. The van der Waals surface area contributed by atoms with Crippen LogP contribution in [0.4, 0.5) is 0 Å². The Balaban J connectivity index is 1.39. The number of esters is 1. The Morgan fingerprint density at radius 1 is 1.07 bits per heavy atom. The number of methoxy groups -OCH3 is 2. The SMILES string of the molecule is CCOC(=O)[C@H]1CCC[C@@H](NC(=O)CC[C@H]2O[C@H](c3cccc(OC)c3OC)c3cc(Cl)ccc3-n3cccc32)C1. The van der Waals surface area contributed by atoms with Crippen LogP contribution >= 0.6 is 11.6 Å². The Labute approximate surface area is 245 Å². The minimum absolute atomic E-state index is 0.0373. The van der Waals surface area contributed by atoms with Gasteiger partial charge in [0.25, 0.3) is 0 Å². The number of hydrogen-bond acceptors (Lipinski definition) is 6. The average molecular weight is 581 g/mol. The molecule has 8 nitrogen and oxygen atoms in total. The van der Waals surface area contributed by atoms with E-state index in [9.17, 15) is 9.59 Å². The predicted octanol–water partition coefficient (Wildman–Crippen LogP) is 6.33. The maximum absolute atomic E-state index is 13.1. The summed E-state index contributed by atoms with van der Waals surface area (Å²) in [6.07, 6.45) is 4.99. The van der Waals surface area contributed by atoms with Gasteiger partial charge in [0.05, 0.1) is 44.2 Å². The van der Waals surface area contributed by atoms with Gasteiger partial charge in [-0.2, -0.15) is 0 Å². The van der Waals surface area contributed by atoms with E-state index in [2.05, 4.69) is 9.88 Å². The maximum atomic E-state index is 13.1. The smallest absolute Gasteiger partial charge is 0.308 e. The van der Waals surface area contributed by atoms with Crippen molar-refractivity contribution >= 4 is 23.5 Å². The van der Waals surface area contributed by atoms with E-state index in [4.69, 9.17) is 30.5 Å². The van der Waals surface area contributed by atoms with Crippen molar-refractivity contribution in [1.82, 2.24) is 9.88 Å². The maximum Gasteiger partial charge on any atom is 0.308 e. The Morgan fingerprint density at radius 3 is 2.71 bits per heavy atom. The van der Waals surface area contributed by atoms with Crippen molar-refractivity contribution in [2.45, 2.75) is 63.7 Å². The van der Waals surface area contributed by atoms with Gasteiger partial charge >= 0.3 is 5.97 Å². The molecule has 0 saturated heterocycles. The molecule has 1 aromatic heterocycles. The van der Waals surface area contributed by atoms with Gasteiger partial charge in [-0.3, -0.25) is 9.59 Å². The first-order valence-electron chi connectivity index (χ1n) is 14.2. The van der Waals surface area contributed by atoms with Gasteiger partial charge in [-0.15, -0.1) is 0 Å². The van der Waals surface area contributed by atoms with Crippen molar-refractivity contribution in [3.8, 4) is 17.2 Å². The fourth-order valence-corrected chi connectivity index (χ4v) is 6.25. The molecule has 1 aliphatic heterocycles. The first-order chi connectivity index (χ1) is 19.9. The third-order valence-electron chi connectivity index (χ3n) is 7.95. The molecule has 218 valence electrons. The second-order valence-electron chi connectivity index (χ2n) is 10.5. The lowest BCUT2D eigenvalue weighted by molar-refractivity contribution is -0.149. The molecule has 3 aromatic rings. The molecule has 2 aromatic carbocycles. The van der Waals surface area contributed by atoms with Crippen molar-refractivity contribution in [2.75, 3.05) is 20.8 Å². The van der Waals surface area contributed by atoms with E-state index >= 15 is 0 Å². The molecule has 0 bridgehead atoms. The summed E-state index contributed by atoms with van der Waals surface area (Å²) in [5.74, 6) is 0.804. The zero-order chi connectivity index (χ0) is 28.9. The fourth-order valence-electron chi connectivity index (χ4n) is 6.07. The minimum atomic E-state index is -0.523. The van der Waals surface area contributed by atoms with Crippen LogP contribution in [-0.2, 0) is 19.1 Å². The van der Waals surface area contributed by atoms with Gasteiger partial charge in [-0.25, -0.2) is 0 Å². The highest BCUT2D eigenvalue weighted by Crippen LogP contribution is 2.46. The summed E-state index contributed by atoms with van der Waals surface area (Å²) in [5.41, 5.74) is 3.60. The molecule has 2 aliphatic rings. The van der Waals surface area contributed by atoms with Gasteiger partial charge < -0.3 is 28.8 Å². The largest absolute Gasteiger partial charge is 0.493 e. The number of ether oxygens (including phenoxy) is 4. The van der Waals surface area contributed by atoms with Crippen LogP contribution in [0.2, 0.25) is 5.02 Å². The molecule has 9 heteroatoms. The van der Waals surface area contributed by atoms with E-state index in [1.54, 1.807) is 14.2 Å². The highest BCUT2D eigenvalue weighted by Gasteiger charge is 2.34. The van der Waals surface area contributed by atoms with Gasteiger partial charge in [0.15, 0.2) is 11.5 Å². The summed E-state index contributed by atoms with van der Waals surface area (Å²) >= 11 is 6.49. The molecule has 1 saturated carbocycles. The first kappa shape index (κ1) is 29.0. The van der Waals surface area contributed by atoms with Gasteiger partial charge in [0.1, 0.15) is 6.10 Å². The number of aromatic nitrogens is 1. The van der Waals surface area contributed by atoms with Crippen LogP contribution in [0.3, 0.4) is 0 Å². The highest BCUT2D eigenvalue weighted by atomic mass is 35.5. The monoisotopic (exact) mass is 580 g/mol. The van der Waals surface area contributed by atoms with Gasteiger partial charge in [-0.05, 0) is 69.0 Å². The predicted molar refractivity (Wildman–Crippen MR) is 156 cm³/mol. The minimum Gasteiger partial charge on any atom is -0.493 e. The number of carbonyl (C=O) groups excluding carboxylic acids is 2. The Morgan fingerprint density at radius 2 is 1.93 bits per heavy atom. The fraction of sp³-hybridized carbons (Fsp3) is 0.438. The van der Waals surface area contributed by atoms with Crippen LogP contribution in [0, 0.1) is 5.92 Å². The highest BCUT2D eigenvalue weighted by molar-refractivity contribution is 6.30. The number of nitrogens with zero attached hydrogens (tertiary/aromatic N) is 1. The zero-order valence-electron chi connectivity index (χ0n) is 23.7. The van der Waals surface area contributed by atoms with Crippen LogP contribution in [0.25, 0.3) is 5.69 Å². The molecular formula is C32H37ClN2O6. The van der Waals surface area contributed by atoms with E-state index in [0.29, 0.717) is 36.0 Å². The van der Waals surface area contributed by atoms with Crippen LogP contribution in [0.5, 0.6) is 11.5 Å². The summed E-state index contributed by atoms with van der Waals surface area (Å²) in [7, 11) is 3.22. The van der Waals surface area contributed by atoms with Gasteiger partial charge in [0.2, 0.25) is 5.91 Å². The van der Waals surface area contributed by atoms with Crippen LogP contribution in [0.1, 0.15) is 74.5 Å². The normalized spacial score (nSPS) is 21.7. The molecule has 1 amide bonds. The molecule has 0 radical (unpaired) electrons. The van der Waals surface area contributed by atoms with Gasteiger partial charge in [0, 0.05) is 34.8 Å². The van der Waals surface area contributed by atoms with E-state index in [-0.39, 0.29) is 36.4 Å². The third-order valence-corrected chi connectivity index (χ3v) is 8.19. The molecule has 1 aliphatic carbocycles. The standard InChI is InChI=1S/C32H37ClN2O6/c1-4-40-32(37)20-8-5-9-22(18-20)34-29(36)16-15-27-26-11-7-17-35(26)25-14-13-21(33)19-24(25)30(41-27)23-10-6-12-28(38-2)31(23)39-3/h6-7,10-14,17,19-20,22,27,30H,4-5,8-9,15-16,18H2,1-3H3,(H,34,36)/t20-,22+,27+,30+/m0/s1. The second kappa shape index (κ2) is 13.0. The first-order valence-corrected chi connectivity index (χ1v) is 14.6.